The molecule has 0 radical (unpaired) electrons. The Morgan fingerprint density at radius 3 is 2.18 bits per heavy atom. The van der Waals surface area contributed by atoms with Crippen LogP contribution in [-0.4, -0.2) is 30.0 Å². The molecule has 3 aromatic rings. The Hall–Kier alpha value is -2.91. The van der Waals surface area contributed by atoms with E-state index in [2.05, 4.69) is 74.3 Å². The number of aryl methyl sites for hydroxylation is 2. The van der Waals surface area contributed by atoms with Crippen molar-refractivity contribution in [1.29, 1.82) is 0 Å². The van der Waals surface area contributed by atoms with Crippen LogP contribution in [0.1, 0.15) is 63.9 Å². The molecule has 0 saturated carbocycles. The number of hydrogen-bond acceptors (Lipinski definition) is 3. The lowest BCUT2D eigenvalue weighted by molar-refractivity contribution is -0.0256. The summed E-state index contributed by atoms with van der Waals surface area (Å²) in [5.41, 5.74) is 5.55. The molecule has 3 aromatic carbocycles. The van der Waals surface area contributed by atoms with Gasteiger partial charge >= 0.3 is 5.97 Å². The van der Waals surface area contributed by atoms with Crippen LogP contribution in [-0.2, 0) is 4.74 Å². The third kappa shape index (κ3) is 4.35. The maximum absolute atomic E-state index is 13.3. The van der Waals surface area contributed by atoms with Crippen molar-refractivity contribution < 1.29 is 9.53 Å². The molecular formula is C30H33NO2. The lowest BCUT2D eigenvalue weighted by Gasteiger charge is -2.46. The van der Waals surface area contributed by atoms with Crippen LogP contribution in [0, 0.1) is 19.8 Å². The van der Waals surface area contributed by atoms with Crippen LogP contribution in [0.15, 0.2) is 78.9 Å². The number of hydrogen-bond donors (Lipinski definition) is 0. The summed E-state index contributed by atoms with van der Waals surface area (Å²) in [6.07, 6.45) is 3.18. The molecule has 2 heterocycles. The van der Waals surface area contributed by atoms with Crippen molar-refractivity contribution in [2.75, 3.05) is 7.05 Å². The van der Waals surface area contributed by atoms with E-state index in [4.69, 9.17) is 4.74 Å². The number of carbonyl (C=O) groups is 1. The minimum atomic E-state index is -0.295. The summed E-state index contributed by atoms with van der Waals surface area (Å²) in [5, 5.41) is 0. The second-order valence-corrected chi connectivity index (χ2v) is 9.90. The first-order valence-electron chi connectivity index (χ1n) is 12.1. The van der Waals surface area contributed by atoms with Gasteiger partial charge in [-0.2, -0.15) is 0 Å². The average molecular weight is 440 g/mol. The maximum Gasteiger partial charge on any atom is 0.338 e. The van der Waals surface area contributed by atoms with Crippen LogP contribution in [0.25, 0.3) is 0 Å². The van der Waals surface area contributed by atoms with Gasteiger partial charge in [-0.25, -0.2) is 4.79 Å². The second kappa shape index (κ2) is 9.15. The van der Waals surface area contributed by atoms with Crippen molar-refractivity contribution in [3.63, 3.8) is 0 Å². The fourth-order valence-electron chi connectivity index (χ4n) is 5.97. The van der Waals surface area contributed by atoms with Gasteiger partial charge in [-0.05, 0) is 69.3 Å². The van der Waals surface area contributed by atoms with Crippen LogP contribution >= 0.6 is 0 Å². The van der Waals surface area contributed by atoms with Crippen LogP contribution in [0.4, 0.5) is 0 Å². The maximum atomic E-state index is 13.3. The molecule has 170 valence electrons. The van der Waals surface area contributed by atoms with Crippen molar-refractivity contribution in [2.24, 2.45) is 5.92 Å². The van der Waals surface area contributed by atoms with Gasteiger partial charge in [0.2, 0.25) is 0 Å². The third-order valence-corrected chi connectivity index (χ3v) is 7.83. The highest BCUT2D eigenvalue weighted by Gasteiger charge is 2.50. The quantitative estimate of drug-likeness (QED) is 0.427. The fourth-order valence-corrected chi connectivity index (χ4v) is 5.97. The van der Waals surface area contributed by atoms with Gasteiger partial charge in [-0.3, -0.25) is 4.90 Å². The number of nitrogens with zero attached hydrogens (tertiary/aromatic N) is 1. The standard InChI is InChI=1S/C30H33NO2/c1-20-9-13-22(14-10-20)26-19-25-17-18-27(31(25)3)28(26)29(23-15-11-21(2)12-16-23)33-30(32)24-7-5-4-6-8-24/h4-16,25-29H,17-19H2,1-3H3/t25-,26+,27+,28-,29-/m0/s1. The predicted octanol–water partition coefficient (Wildman–Crippen LogP) is 6.47. The molecule has 0 aliphatic carbocycles. The molecule has 5 rings (SSSR count). The van der Waals surface area contributed by atoms with Gasteiger partial charge in [0.1, 0.15) is 6.10 Å². The van der Waals surface area contributed by atoms with Crippen LogP contribution in [0.3, 0.4) is 0 Å². The van der Waals surface area contributed by atoms with Gasteiger partial charge in [-0.1, -0.05) is 77.9 Å². The van der Waals surface area contributed by atoms with E-state index in [0.717, 1.165) is 18.4 Å². The predicted molar refractivity (Wildman–Crippen MR) is 132 cm³/mol. The normalized spacial score (nSPS) is 25.5. The third-order valence-electron chi connectivity index (χ3n) is 7.83. The summed E-state index contributed by atoms with van der Waals surface area (Å²) in [6.45, 7) is 4.23. The van der Waals surface area contributed by atoms with Gasteiger partial charge in [0.15, 0.2) is 0 Å². The second-order valence-electron chi connectivity index (χ2n) is 9.90. The Morgan fingerprint density at radius 1 is 0.879 bits per heavy atom. The molecule has 3 heteroatoms. The van der Waals surface area contributed by atoms with E-state index in [9.17, 15) is 4.79 Å². The van der Waals surface area contributed by atoms with Crippen molar-refractivity contribution >= 4 is 5.97 Å². The number of carbonyl (C=O) groups excluding carboxylic acids is 1. The number of ether oxygens (including phenoxy) is 1. The molecule has 3 nitrogen and oxygen atoms in total. The van der Waals surface area contributed by atoms with Crippen LogP contribution < -0.4 is 0 Å². The van der Waals surface area contributed by atoms with Gasteiger partial charge in [0.05, 0.1) is 5.56 Å². The molecule has 33 heavy (non-hydrogen) atoms. The molecular weight excluding hydrogens is 406 g/mol. The summed E-state index contributed by atoms with van der Waals surface area (Å²) in [4.78, 5) is 15.8. The summed E-state index contributed by atoms with van der Waals surface area (Å²) in [7, 11) is 2.26. The molecule has 5 atom stereocenters. The Balaban J connectivity index is 1.57. The van der Waals surface area contributed by atoms with Gasteiger partial charge < -0.3 is 4.74 Å². The number of esters is 1. The molecule has 2 aliphatic heterocycles. The Morgan fingerprint density at radius 2 is 1.52 bits per heavy atom. The van der Waals surface area contributed by atoms with E-state index in [0.29, 0.717) is 23.6 Å². The molecule has 2 aliphatic rings. The molecule has 0 amide bonds. The van der Waals surface area contributed by atoms with E-state index in [1.54, 1.807) is 0 Å². The first kappa shape index (κ1) is 21.9. The summed E-state index contributed by atoms with van der Waals surface area (Å²) >= 11 is 0. The van der Waals surface area contributed by atoms with E-state index in [1.807, 2.05) is 30.3 Å². The largest absolute Gasteiger partial charge is 0.454 e. The zero-order chi connectivity index (χ0) is 22.9. The topological polar surface area (TPSA) is 29.5 Å². The van der Waals surface area contributed by atoms with Gasteiger partial charge in [0, 0.05) is 18.0 Å². The molecule has 2 saturated heterocycles. The van der Waals surface area contributed by atoms with Gasteiger partial charge in [0.25, 0.3) is 0 Å². The number of benzene rings is 3. The smallest absolute Gasteiger partial charge is 0.338 e. The van der Waals surface area contributed by atoms with E-state index >= 15 is 0 Å². The highest BCUT2D eigenvalue weighted by molar-refractivity contribution is 5.89. The van der Waals surface area contributed by atoms with Crippen LogP contribution in [0.2, 0.25) is 0 Å². The Kier molecular flexibility index (Phi) is 6.07. The molecule has 0 aromatic heterocycles. The minimum Gasteiger partial charge on any atom is -0.454 e. The number of rotatable bonds is 5. The van der Waals surface area contributed by atoms with Gasteiger partial charge in [-0.15, -0.1) is 0 Å². The zero-order valence-electron chi connectivity index (χ0n) is 19.8. The number of fused-ring (bicyclic) bond motifs is 2. The molecule has 0 N–H and O–H groups in total. The average Bonchev–Trinajstić information content (AvgIpc) is 3.07. The van der Waals surface area contributed by atoms with E-state index in [-0.39, 0.29) is 18.0 Å². The molecule has 2 fully saturated rings. The SMILES string of the molecule is Cc1ccc([C@H]2C[C@@H]3CC[C@H]([C@H]2[C@@H](OC(=O)c2ccccc2)c2ccc(C)cc2)N3C)cc1. The molecule has 2 bridgehead atoms. The minimum absolute atomic E-state index is 0.201. The highest BCUT2D eigenvalue weighted by Crippen LogP contribution is 2.52. The zero-order valence-corrected chi connectivity index (χ0v) is 19.8. The fraction of sp³-hybridized carbons (Fsp3) is 0.367. The first-order valence-corrected chi connectivity index (χ1v) is 12.1. The summed E-state index contributed by atoms with van der Waals surface area (Å²) < 4.78 is 6.41. The number of piperidine rings is 1. The van der Waals surface area contributed by atoms with Crippen molar-refractivity contribution in [3.05, 3.63) is 107 Å². The highest BCUT2D eigenvalue weighted by atomic mass is 16.5. The Labute approximate surface area is 197 Å². The summed E-state index contributed by atoms with van der Waals surface area (Å²) in [6, 6.07) is 27.9. The lowest BCUT2D eigenvalue weighted by Crippen LogP contribution is -2.48. The monoisotopic (exact) mass is 439 g/mol. The van der Waals surface area contributed by atoms with E-state index < -0.39 is 0 Å². The molecule has 0 unspecified atom stereocenters. The van der Waals surface area contributed by atoms with Crippen molar-refractivity contribution in [1.82, 2.24) is 4.90 Å². The lowest BCUT2D eigenvalue weighted by atomic mass is 9.71. The summed E-state index contributed by atoms with van der Waals surface area (Å²) in [5.74, 6) is 0.313. The van der Waals surface area contributed by atoms with Crippen molar-refractivity contribution in [3.8, 4) is 0 Å². The molecule has 0 spiro atoms. The van der Waals surface area contributed by atoms with Crippen molar-refractivity contribution in [2.45, 2.75) is 57.2 Å². The first-order chi connectivity index (χ1) is 16.0. The van der Waals surface area contributed by atoms with Crippen LogP contribution in [0.5, 0.6) is 0 Å². The van der Waals surface area contributed by atoms with E-state index in [1.165, 1.54) is 23.1 Å². The Bertz CT molecular complexity index is 1090.